The summed E-state index contributed by atoms with van der Waals surface area (Å²) in [4.78, 5) is 26.9. The molecule has 1 amide bonds. The topological polar surface area (TPSA) is 66.1 Å². The Bertz CT molecular complexity index is 1010. The number of likely N-dealkylation sites (tertiary alicyclic amines) is 1. The second-order valence-electron chi connectivity index (χ2n) is 6.57. The molecule has 2 heterocycles. The number of hydrogen-bond donors (Lipinski definition) is 1. The average Bonchev–Trinajstić information content (AvgIpc) is 3.12. The lowest BCUT2D eigenvalue weighted by Gasteiger charge is -2.25. The summed E-state index contributed by atoms with van der Waals surface area (Å²) in [6, 6.07) is 13.4. The number of amides is 1. The number of nitrogens with zero attached hydrogens (tertiary/aromatic N) is 2. The van der Waals surface area contributed by atoms with E-state index in [0.29, 0.717) is 23.7 Å². The molecule has 1 N–H and O–H groups in total. The maximum absolute atomic E-state index is 13.1. The summed E-state index contributed by atoms with van der Waals surface area (Å²) in [7, 11) is 0. The minimum Gasteiger partial charge on any atom is -0.334 e. The van der Waals surface area contributed by atoms with Gasteiger partial charge in [0.2, 0.25) is 0 Å². The number of hydrogen-bond acceptors (Lipinski definition) is 3. The van der Waals surface area contributed by atoms with Crippen molar-refractivity contribution in [2.75, 3.05) is 6.54 Å². The molecule has 5 nitrogen and oxygen atoms in total. The minimum absolute atomic E-state index is 0.0421. The van der Waals surface area contributed by atoms with Crippen molar-refractivity contribution >= 4 is 16.7 Å². The molecule has 3 aromatic rings. The van der Waals surface area contributed by atoms with Gasteiger partial charge >= 0.3 is 0 Å². The van der Waals surface area contributed by atoms with Gasteiger partial charge < -0.3 is 4.90 Å². The first-order chi connectivity index (χ1) is 12.6. The number of nitrogens with one attached hydrogen (secondary N) is 1. The highest BCUT2D eigenvalue weighted by atomic mass is 19.1. The van der Waals surface area contributed by atoms with Gasteiger partial charge in [-0.1, -0.05) is 30.3 Å². The standard InChI is InChI=1S/C20H18FN3O2/c21-14-9-7-13(8-10-14)12-15-4-3-11-24(15)20(26)18-16-5-1-2-6-17(16)19(25)23-22-18/h1-2,5-10,15H,3-4,11-12H2,(H,23,25). The van der Waals surface area contributed by atoms with E-state index in [9.17, 15) is 14.0 Å². The Morgan fingerprint density at radius 3 is 2.65 bits per heavy atom. The Kier molecular flexibility index (Phi) is 4.24. The molecule has 0 radical (unpaired) electrons. The van der Waals surface area contributed by atoms with Gasteiger partial charge in [0.1, 0.15) is 5.82 Å². The molecule has 26 heavy (non-hydrogen) atoms. The van der Waals surface area contributed by atoms with Gasteiger partial charge in [0.05, 0.1) is 5.39 Å². The maximum Gasteiger partial charge on any atom is 0.275 e. The number of carbonyl (C=O) groups excluding carboxylic acids is 1. The summed E-state index contributed by atoms with van der Waals surface area (Å²) < 4.78 is 13.1. The summed E-state index contributed by atoms with van der Waals surface area (Å²) in [6.07, 6.45) is 2.48. The molecule has 0 bridgehead atoms. The van der Waals surface area contributed by atoms with Crippen LogP contribution in [-0.2, 0) is 6.42 Å². The second-order valence-corrected chi connectivity index (χ2v) is 6.57. The molecule has 2 aromatic carbocycles. The molecule has 0 spiro atoms. The van der Waals surface area contributed by atoms with Crippen LogP contribution in [0.3, 0.4) is 0 Å². The summed E-state index contributed by atoms with van der Waals surface area (Å²) in [5.74, 6) is -0.445. The summed E-state index contributed by atoms with van der Waals surface area (Å²) >= 11 is 0. The molecule has 132 valence electrons. The zero-order valence-corrected chi connectivity index (χ0v) is 14.1. The average molecular weight is 351 g/mol. The number of benzene rings is 2. The second kappa shape index (κ2) is 6.71. The molecule has 1 aliphatic heterocycles. The number of carbonyl (C=O) groups is 1. The monoisotopic (exact) mass is 351 g/mol. The first kappa shape index (κ1) is 16.4. The van der Waals surface area contributed by atoms with Gasteiger partial charge in [-0.05, 0) is 43.0 Å². The zero-order valence-electron chi connectivity index (χ0n) is 14.1. The Labute approximate surface area is 149 Å². The van der Waals surface area contributed by atoms with Crippen LogP contribution >= 0.6 is 0 Å². The van der Waals surface area contributed by atoms with E-state index in [0.717, 1.165) is 18.4 Å². The van der Waals surface area contributed by atoms with Crippen LogP contribution < -0.4 is 5.56 Å². The molecule has 0 saturated carbocycles. The number of fused-ring (bicyclic) bond motifs is 1. The fourth-order valence-electron chi connectivity index (χ4n) is 3.62. The zero-order chi connectivity index (χ0) is 18.1. The lowest BCUT2D eigenvalue weighted by molar-refractivity contribution is 0.0731. The lowest BCUT2D eigenvalue weighted by Crippen LogP contribution is -2.37. The van der Waals surface area contributed by atoms with Crippen LogP contribution in [0, 0.1) is 5.82 Å². The predicted octanol–water partition coefficient (Wildman–Crippen LogP) is 2.91. The van der Waals surface area contributed by atoms with Crippen LogP contribution in [-0.4, -0.2) is 33.6 Å². The molecule has 1 aromatic heterocycles. The van der Waals surface area contributed by atoms with E-state index in [1.165, 1.54) is 12.1 Å². The highest BCUT2D eigenvalue weighted by molar-refractivity contribution is 6.04. The fourth-order valence-corrected chi connectivity index (χ4v) is 3.62. The number of H-pyrrole nitrogens is 1. The van der Waals surface area contributed by atoms with E-state index in [2.05, 4.69) is 10.2 Å². The third kappa shape index (κ3) is 2.98. The molecular formula is C20H18FN3O2. The van der Waals surface area contributed by atoms with Crippen molar-refractivity contribution in [3.05, 3.63) is 76.0 Å². The van der Waals surface area contributed by atoms with E-state index in [-0.39, 0.29) is 29.0 Å². The third-order valence-corrected chi connectivity index (χ3v) is 4.92. The van der Waals surface area contributed by atoms with Crippen LogP contribution in [0.5, 0.6) is 0 Å². The quantitative estimate of drug-likeness (QED) is 0.789. The molecule has 1 unspecified atom stereocenters. The van der Waals surface area contributed by atoms with Crippen LogP contribution in [0.4, 0.5) is 4.39 Å². The SMILES string of the molecule is O=C(c1n[nH]c(=O)c2ccccc12)N1CCCC1Cc1ccc(F)cc1. The molecule has 0 aliphatic carbocycles. The predicted molar refractivity (Wildman–Crippen MR) is 96.5 cm³/mol. The van der Waals surface area contributed by atoms with Crippen molar-refractivity contribution < 1.29 is 9.18 Å². The molecule has 1 fully saturated rings. The largest absolute Gasteiger partial charge is 0.334 e. The van der Waals surface area contributed by atoms with E-state index in [4.69, 9.17) is 0 Å². The van der Waals surface area contributed by atoms with Gasteiger partial charge in [-0.2, -0.15) is 5.10 Å². The molecule has 1 atom stereocenters. The normalized spacial score (nSPS) is 17.0. The summed E-state index contributed by atoms with van der Waals surface area (Å²) in [6.45, 7) is 0.653. The first-order valence-corrected chi connectivity index (χ1v) is 8.66. The third-order valence-electron chi connectivity index (χ3n) is 4.92. The van der Waals surface area contributed by atoms with E-state index < -0.39 is 0 Å². The van der Waals surface area contributed by atoms with Crippen LogP contribution in [0.25, 0.3) is 10.8 Å². The number of aromatic amines is 1. The van der Waals surface area contributed by atoms with Gasteiger partial charge in [-0.25, -0.2) is 9.49 Å². The van der Waals surface area contributed by atoms with Crippen molar-refractivity contribution in [3.63, 3.8) is 0 Å². The van der Waals surface area contributed by atoms with Crippen molar-refractivity contribution in [2.45, 2.75) is 25.3 Å². The van der Waals surface area contributed by atoms with Crippen LogP contribution in [0.15, 0.2) is 53.3 Å². The number of halogens is 1. The van der Waals surface area contributed by atoms with Crippen molar-refractivity contribution in [1.29, 1.82) is 0 Å². The highest BCUT2D eigenvalue weighted by Crippen LogP contribution is 2.24. The highest BCUT2D eigenvalue weighted by Gasteiger charge is 2.31. The lowest BCUT2D eigenvalue weighted by atomic mass is 10.0. The Morgan fingerprint density at radius 1 is 1.15 bits per heavy atom. The van der Waals surface area contributed by atoms with Crippen molar-refractivity contribution in [1.82, 2.24) is 15.1 Å². The molecule has 4 rings (SSSR count). The van der Waals surface area contributed by atoms with Crippen LogP contribution in [0.1, 0.15) is 28.9 Å². The molecular weight excluding hydrogens is 333 g/mol. The van der Waals surface area contributed by atoms with Gasteiger partial charge in [-0.15, -0.1) is 0 Å². The molecule has 1 aliphatic rings. The number of rotatable bonds is 3. The maximum atomic E-state index is 13.1. The van der Waals surface area contributed by atoms with Crippen molar-refractivity contribution in [2.24, 2.45) is 0 Å². The van der Waals surface area contributed by atoms with Gasteiger partial charge in [0, 0.05) is 18.0 Å². The van der Waals surface area contributed by atoms with Gasteiger partial charge in [0.15, 0.2) is 5.69 Å². The first-order valence-electron chi connectivity index (χ1n) is 8.66. The van der Waals surface area contributed by atoms with Gasteiger partial charge in [0.25, 0.3) is 11.5 Å². The number of aromatic nitrogens is 2. The van der Waals surface area contributed by atoms with Crippen molar-refractivity contribution in [3.8, 4) is 0 Å². The van der Waals surface area contributed by atoms with E-state index in [1.807, 2.05) is 4.90 Å². The fraction of sp³-hybridized carbons (Fsp3) is 0.250. The molecule has 1 saturated heterocycles. The smallest absolute Gasteiger partial charge is 0.275 e. The van der Waals surface area contributed by atoms with E-state index >= 15 is 0 Å². The Balaban J connectivity index is 1.64. The van der Waals surface area contributed by atoms with Gasteiger partial charge in [-0.3, -0.25) is 9.59 Å². The minimum atomic E-state index is -0.304. The summed E-state index contributed by atoms with van der Waals surface area (Å²) in [5.41, 5.74) is 0.961. The Hall–Kier alpha value is -3.02. The molecule has 6 heteroatoms. The van der Waals surface area contributed by atoms with Crippen LogP contribution in [0.2, 0.25) is 0 Å². The van der Waals surface area contributed by atoms with E-state index in [1.54, 1.807) is 36.4 Å². The summed E-state index contributed by atoms with van der Waals surface area (Å²) in [5, 5.41) is 7.47. The Morgan fingerprint density at radius 2 is 1.88 bits per heavy atom.